The molecular weight excluding hydrogens is 236 g/mol. The molecule has 1 aromatic rings. The highest BCUT2D eigenvalue weighted by Crippen LogP contribution is 2.16. The molecule has 0 spiro atoms. The summed E-state index contributed by atoms with van der Waals surface area (Å²) in [6, 6.07) is 4.94. The van der Waals surface area contributed by atoms with E-state index in [-0.39, 0.29) is 5.91 Å². The number of carbonyl (C=O) groups excluding carboxylic acids is 1. The van der Waals surface area contributed by atoms with Crippen molar-refractivity contribution in [1.29, 1.82) is 0 Å². The van der Waals surface area contributed by atoms with Gasteiger partial charge in [0, 0.05) is 15.7 Å². The molecule has 0 bridgehead atoms. The van der Waals surface area contributed by atoms with Crippen molar-refractivity contribution in [2.75, 3.05) is 12.8 Å². The van der Waals surface area contributed by atoms with Crippen LogP contribution in [0, 0.1) is 0 Å². The standard InChI is InChI=1S/C8H9BrN2O2/c1-13-11-8(12)5-2-6(9)4-7(10)3-5/h2-4H,10H2,1H3,(H,11,12). The van der Waals surface area contributed by atoms with E-state index in [1.165, 1.54) is 7.11 Å². The Labute approximate surface area is 84.1 Å². The number of anilines is 1. The van der Waals surface area contributed by atoms with E-state index in [1.807, 2.05) is 0 Å². The molecule has 4 nitrogen and oxygen atoms in total. The van der Waals surface area contributed by atoms with Crippen LogP contribution < -0.4 is 11.2 Å². The minimum absolute atomic E-state index is 0.324. The van der Waals surface area contributed by atoms with Gasteiger partial charge in [0.2, 0.25) is 0 Å². The first-order valence-electron chi connectivity index (χ1n) is 3.53. The number of nitrogens with one attached hydrogen (secondary N) is 1. The zero-order chi connectivity index (χ0) is 9.84. The van der Waals surface area contributed by atoms with Gasteiger partial charge in [0.15, 0.2) is 0 Å². The first kappa shape index (κ1) is 10.0. The molecule has 0 unspecified atom stereocenters. The minimum atomic E-state index is -0.324. The predicted octanol–water partition coefficient (Wildman–Crippen LogP) is 1.32. The van der Waals surface area contributed by atoms with Crippen molar-refractivity contribution < 1.29 is 9.63 Å². The van der Waals surface area contributed by atoms with Gasteiger partial charge >= 0.3 is 0 Å². The molecule has 70 valence electrons. The molecule has 0 atom stereocenters. The number of hydrogen-bond acceptors (Lipinski definition) is 3. The number of rotatable bonds is 2. The zero-order valence-corrected chi connectivity index (χ0v) is 8.59. The van der Waals surface area contributed by atoms with E-state index in [2.05, 4.69) is 26.2 Å². The summed E-state index contributed by atoms with van der Waals surface area (Å²) < 4.78 is 0.758. The van der Waals surface area contributed by atoms with Gasteiger partial charge in [-0.1, -0.05) is 15.9 Å². The molecule has 0 saturated heterocycles. The maximum Gasteiger partial charge on any atom is 0.274 e. The number of hydrogen-bond donors (Lipinski definition) is 2. The average molecular weight is 245 g/mol. The number of carbonyl (C=O) groups is 1. The maximum absolute atomic E-state index is 11.2. The van der Waals surface area contributed by atoms with E-state index >= 15 is 0 Å². The van der Waals surface area contributed by atoms with E-state index in [4.69, 9.17) is 5.73 Å². The number of benzene rings is 1. The second kappa shape index (κ2) is 4.25. The second-order valence-electron chi connectivity index (χ2n) is 2.41. The predicted molar refractivity (Wildman–Crippen MR) is 53.0 cm³/mol. The number of hydroxylamine groups is 1. The SMILES string of the molecule is CONC(=O)c1cc(N)cc(Br)c1. The lowest BCUT2D eigenvalue weighted by molar-refractivity contribution is 0.0537. The van der Waals surface area contributed by atoms with E-state index < -0.39 is 0 Å². The average Bonchev–Trinajstić information content (AvgIpc) is 2.03. The first-order valence-corrected chi connectivity index (χ1v) is 4.32. The molecule has 0 saturated carbocycles. The summed E-state index contributed by atoms with van der Waals surface area (Å²) in [6.45, 7) is 0. The van der Waals surface area contributed by atoms with Crippen LogP contribution in [0.5, 0.6) is 0 Å². The van der Waals surface area contributed by atoms with Gasteiger partial charge in [-0.05, 0) is 18.2 Å². The fourth-order valence-corrected chi connectivity index (χ4v) is 1.41. The molecule has 0 aliphatic rings. The van der Waals surface area contributed by atoms with Gasteiger partial charge in [-0.15, -0.1) is 0 Å². The number of amides is 1. The highest BCUT2D eigenvalue weighted by molar-refractivity contribution is 9.10. The van der Waals surface area contributed by atoms with Gasteiger partial charge in [0.05, 0.1) is 7.11 Å². The smallest absolute Gasteiger partial charge is 0.274 e. The fraction of sp³-hybridized carbons (Fsp3) is 0.125. The Kier molecular flexibility index (Phi) is 3.27. The summed E-state index contributed by atoms with van der Waals surface area (Å²) in [5, 5.41) is 0. The molecule has 0 heterocycles. The molecule has 0 aliphatic heterocycles. The number of nitrogen functional groups attached to an aromatic ring is 1. The van der Waals surface area contributed by atoms with Crippen molar-refractivity contribution in [3.8, 4) is 0 Å². The Balaban J connectivity index is 2.94. The highest BCUT2D eigenvalue weighted by Gasteiger charge is 2.05. The van der Waals surface area contributed by atoms with Crippen molar-refractivity contribution in [3.05, 3.63) is 28.2 Å². The van der Waals surface area contributed by atoms with E-state index in [0.717, 1.165) is 4.47 Å². The topological polar surface area (TPSA) is 64.3 Å². The third-order valence-electron chi connectivity index (χ3n) is 1.38. The molecule has 0 radical (unpaired) electrons. The lowest BCUT2D eigenvalue weighted by Gasteiger charge is -2.03. The largest absolute Gasteiger partial charge is 0.399 e. The molecule has 0 aromatic heterocycles. The van der Waals surface area contributed by atoms with Crippen LogP contribution in [0.3, 0.4) is 0 Å². The minimum Gasteiger partial charge on any atom is -0.399 e. The third kappa shape index (κ3) is 2.71. The maximum atomic E-state index is 11.2. The van der Waals surface area contributed by atoms with Gasteiger partial charge in [-0.2, -0.15) is 0 Å². The van der Waals surface area contributed by atoms with Crippen LogP contribution in [0.4, 0.5) is 5.69 Å². The Hall–Kier alpha value is -1.07. The van der Waals surface area contributed by atoms with Gasteiger partial charge in [0.25, 0.3) is 5.91 Å². The summed E-state index contributed by atoms with van der Waals surface area (Å²) in [7, 11) is 1.37. The van der Waals surface area contributed by atoms with Crippen molar-refractivity contribution in [2.45, 2.75) is 0 Å². The number of halogens is 1. The van der Waals surface area contributed by atoms with Gasteiger partial charge in [-0.25, -0.2) is 5.48 Å². The van der Waals surface area contributed by atoms with E-state index in [1.54, 1.807) is 18.2 Å². The van der Waals surface area contributed by atoms with Crippen LogP contribution in [-0.2, 0) is 4.84 Å². The van der Waals surface area contributed by atoms with E-state index in [0.29, 0.717) is 11.3 Å². The lowest BCUT2D eigenvalue weighted by atomic mass is 10.2. The molecule has 0 fully saturated rings. The summed E-state index contributed by atoms with van der Waals surface area (Å²) >= 11 is 3.23. The molecule has 3 N–H and O–H groups in total. The Morgan fingerprint density at radius 1 is 1.54 bits per heavy atom. The summed E-state index contributed by atoms with van der Waals surface area (Å²) in [4.78, 5) is 15.7. The second-order valence-corrected chi connectivity index (χ2v) is 3.32. The van der Waals surface area contributed by atoms with Crippen LogP contribution in [0.2, 0.25) is 0 Å². The molecule has 5 heteroatoms. The van der Waals surface area contributed by atoms with Crippen LogP contribution in [-0.4, -0.2) is 13.0 Å². The van der Waals surface area contributed by atoms with Gasteiger partial charge in [-0.3, -0.25) is 9.63 Å². The Bertz CT molecular complexity index is 308. The van der Waals surface area contributed by atoms with Crippen molar-refractivity contribution in [1.82, 2.24) is 5.48 Å². The van der Waals surface area contributed by atoms with Crippen LogP contribution in [0.15, 0.2) is 22.7 Å². The normalized spacial score (nSPS) is 9.69. The highest BCUT2D eigenvalue weighted by atomic mass is 79.9. The summed E-state index contributed by atoms with van der Waals surface area (Å²) in [6.07, 6.45) is 0. The van der Waals surface area contributed by atoms with Crippen molar-refractivity contribution >= 4 is 27.5 Å². The van der Waals surface area contributed by atoms with Crippen molar-refractivity contribution in [3.63, 3.8) is 0 Å². The molecule has 13 heavy (non-hydrogen) atoms. The summed E-state index contributed by atoms with van der Waals surface area (Å²) in [5.74, 6) is -0.324. The van der Waals surface area contributed by atoms with Crippen molar-refractivity contribution in [2.24, 2.45) is 0 Å². The van der Waals surface area contributed by atoms with Gasteiger partial charge < -0.3 is 5.73 Å². The Morgan fingerprint density at radius 2 is 2.23 bits per heavy atom. The Morgan fingerprint density at radius 3 is 2.77 bits per heavy atom. The molecular formula is C8H9BrN2O2. The molecule has 1 amide bonds. The van der Waals surface area contributed by atoms with Crippen LogP contribution in [0.25, 0.3) is 0 Å². The first-order chi connectivity index (χ1) is 6.13. The van der Waals surface area contributed by atoms with Gasteiger partial charge in [0.1, 0.15) is 0 Å². The third-order valence-corrected chi connectivity index (χ3v) is 1.83. The zero-order valence-electron chi connectivity index (χ0n) is 7.00. The van der Waals surface area contributed by atoms with E-state index in [9.17, 15) is 4.79 Å². The molecule has 1 rings (SSSR count). The quantitative estimate of drug-likeness (QED) is 0.610. The monoisotopic (exact) mass is 244 g/mol. The van der Waals surface area contributed by atoms with Crippen LogP contribution in [0.1, 0.15) is 10.4 Å². The van der Waals surface area contributed by atoms with Crippen LogP contribution >= 0.6 is 15.9 Å². The molecule has 0 aliphatic carbocycles. The molecule has 1 aromatic carbocycles. The lowest BCUT2D eigenvalue weighted by Crippen LogP contribution is -2.21. The fourth-order valence-electron chi connectivity index (χ4n) is 0.895. The summed E-state index contributed by atoms with van der Waals surface area (Å²) in [5.41, 5.74) is 8.72. The number of nitrogens with two attached hydrogens (primary N) is 1.